The Morgan fingerprint density at radius 1 is 1.23 bits per heavy atom. The van der Waals surface area contributed by atoms with Gasteiger partial charge in [0.15, 0.2) is 0 Å². The first-order valence-electron chi connectivity index (χ1n) is 9.20. The van der Waals surface area contributed by atoms with Crippen LogP contribution in [0.2, 0.25) is 0 Å². The van der Waals surface area contributed by atoms with Gasteiger partial charge in [0.2, 0.25) is 5.91 Å². The summed E-state index contributed by atoms with van der Waals surface area (Å²) in [5.41, 5.74) is 5.40. The quantitative estimate of drug-likeness (QED) is 0.766. The molecule has 5 heteroatoms. The van der Waals surface area contributed by atoms with Crippen molar-refractivity contribution >= 4 is 17.2 Å². The molecule has 1 amide bonds. The first-order chi connectivity index (χ1) is 12.6. The van der Waals surface area contributed by atoms with Gasteiger partial charge in [0.05, 0.1) is 11.4 Å². The minimum atomic E-state index is 0.182. The maximum Gasteiger partial charge on any atom is 0.227 e. The number of carbonyl (C=O) groups excluding carboxylic acids is 1. The molecule has 3 aromatic rings. The number of hydrogen-bond acceptors (Lipinski definition) is 3. The maximum atomic E-state index is 12.0. The summed E-state index contributed by atoms with van der Waals surface area (Å²) < 4.78 is 2.13. The smallest absolute Gasteiger partial charge is 0.227 e. The monoisotopic (exact) mass is 348 g/mol. The average molecular weight is 348 g/mol. The molecular weight excluding hydrogens is 324 g/mol. The van der Waals surface area contributed by atoms with Crippen molar-refractivity contribution < 1.29 is 4.79 Å². The molecule has 1 atom stereocenters. The van der Waals surface area contributed by atoms with Gasteiger partial charge in [-0.3, -0.25) is 4.79 Å². The summed E-state index contributed by atoms with van der Waals surface area (Å²) in [5.74, 6) is 0.226. The number of amides is 1. The molecule has 1 aromatic carbocycles. The lowest BCUT2D eigenvalue weighted by Crippen LogP contribution is -2.24. The van der Waals surface area contributed by atoms with Crippen LogP contribution in [0.3, 0.4) is 0 Å². The first kappa shape index (κ1) is 16.8. The molecule has 1 aliphatic rings. The molecule has 0 aliphatic carbocycles. The van der Waals surface area contributed by atoms with Crippen LogP contribution in [0.4, 0.5) is 5.69 Å². The number of fused-ring (bicyclic) bond motifs is 1. The fourth-order valence-electron chi connectivity index (χ4n) is 3.63. The van der Waals surface area contributed by atoms with Crippen molar-refractivity contribution in [3.63, 3.8) is 0 Å². The fraction of sp³-hybridized carbons (Fsp3) is 0.333. The molecule has 1 aliphatic heterocycles. The van der Waals surface area contributed by atoms with E-state index in [4.69, 9.17) is 0 Å². The summed E-state index contributed by atoms with van der Waals surface area (Å²) in [4.78, 5) is 18.5. The topological polar surface area (TPSA) is 49.6 Å². The Morgan fingerprint density at radius 2 is 2.12 bits per heavy atom. The average Bonchev–Trinajstić information content (AvgIpc) is 3.22. The standard InChI is InChI=1S/C21H24N4O/c1-15(17-7-5-8-18(13-17)24-12-6-10-21(24)26)22-14-19-16(2)23-20-9-3-4-11-25(19)20/h3-5,7-9,11,13,15,22H,6,10,12,14H2,1-2H3/t15-/m0/s1. The molecule has 0 spiro atoms. The molecule has 1 fully saturated rings. The van der Waals surface area contributed by atoms with Gasteiger partial charge < -0.3 is 14.6 Å². The number of pyridine rings is 1. The van der Waals surface area contributed by atoms with Gasteiger partial charge in [-0.2, -0.15) is 0 Å². The van der Waals surface area contributed by atoms with E-state index in [1.807, 2.05) is 42.2 Å². The lowest BCUT2D eigenvalue weighted by molar-refractivity contribution is -0.117. The van der Waals surface area contributed by atoms with Crippen molar-refractivity contribution in [2.24, 2.45) is 0 Å². The van der Waals surface area contributed by atoms with Crippen LogP contribution in [-0.2, 0) is 11.3 Å². The molecule has 0 saturated carbocycles. The van der Waals surface area contributed by atoms with E-state index < -0.39 is 0 Å². The Kier molecular flexibility index (Phi) is 4.47. The number of imidazole rings is 1. The fourth-order valence-corrected chi connectivity index (χ4v) is 3.63. The van der Waals surface area contributed by atoms with E-state index in [0.717, 1.165) is 36.5 Å². The zero-order valence-electron chi connectivity index (χ0n) is 15.3. The van der Waals surface area contributed by atoms with E-state index in [1.54, 1.807) is 0 Å². The minimum absolute atomic E-state index is 0.182. The van der Waals surface area contributed by atoms with E-state index >= 15 is 0 Å². The summed E-state index contributed by atoms with van der Waals surface area (Å²) in [5, 5.41) is 3.60. The van der Waals surface area contributed by atoms with E-state index in [9.17, 15) is 4.79 Å². The van der Waals surface area contributed by atoms with Crippen LogP contribution in [0, 0.1) is 6.92 Å². The first-order valence-corrected chi connectivity index (χ1v) is 9.20. The van der Waals surface area contributed by atoms with Crippen LogP contribution in [-0.4, -0.2) is 21.8 Å². The summed E-state index contributed by atoms with van der Waals surface area (Å²) in [6.45, 7) is 5.77. The summed E-state index contributed by atoms with van der Waals surface area (Å²) in [6.07, 6.45) is 3.66. The summed E-state index contributed by atoms with van der Waals surface area (Å²) in [6, 6.07) is 14.5. The molecular formula is C21H24N4O. The van der Waals surface area contributed by atoms with Crippen LogP contribution in [0.5, 0.6) is 0 Å². The van der Waals surface area contributed by atoms with Gasteiger partial charge in [-0.25, -0.2) is 4.98 Å². The van der Waals surface area contributed by atoms with Crippen LogP contribution in [0.25, 0.3) is 5.65 Å². The highest BCUT2D eigenvalue weighted by atomic mass is 16.2. The van der Waals surface area contributed by atoms with Gasteiger partial charge in [-0.15, -0.1) is 0 Å². The highest BCUT2D eigenvalue weighted by Crippen LogP contribution is 2.25. The summed E-state index contributed by atoms with van der Waals surface area (Å²) in [7, 11) is 0. The third kappa shape index (κ3) is 3.10. The Bertz CT molecular complexity index is 946. The van der Waals surface area contributed by atoms with Gasteiger partial charge in [0.1, 0.15) is 5.65 Å². The molecule has 1 saturated heterocycles. The van der Waals surface area contributed by atoms with Gasteiger partial charge >= 0.3 is 0 Å². The number of rotatable bonds is 5. The van der Waals surface area contributed by atoms with Gasteiger partial charge in [0.25, 0.3) is 0 Å². The second-order valence-electron chi connectivity index (χ2n) is 6.92. The van der Waals surface area contributed by atoms with Crippen molar-refractivity contribution in [3.05, 3.63) is 65.6 Å². The SMILES string of the molecule is Cc1nc2ccccn2c1CN[C@@H](C)c1cccc(N2CCCC2=O)c1. The van der Waals surface area contributed by atoms with Gasteiger partial charge in [-0.1, -0.05) is 18.2 Å². The predicted octanol–water partition coefficient (Wildman–Crippen LogP) is 3.62. The third-order valence-electron chi connectivity index (χ3n) is 5.16. The highest BCUT2D eigenvalue weighted by Gasteiger charge is 2.22. The van der Waals surface area contributed by atoms with Crippen molar-refractivity contribution in [2.45, 2.75) is 39.3 Å². The Morgan fingerprint density at radius 3 is 2.92 bits per heavy atom. The van der Waals surface area contributed by atoms with Crippen molar-refractivity contribution in [1.29, 1.82) is 0 Å². The third-order valence-corrected chi connectivity index (χ3v) is 5.16. The maximum absolute atomic E-state index is 12.0. The number of aromatic nitrogens is 2. The van der Waals surface area contributed by atoms with Gasteiger partial charge in [0, 0.05) is 37.4 Å². The number of nitrogens with zero attached hydrogens (tertiary/aromatic N) is 3. The normalized spacial score (nSPS) is 15.8. The predicted molar refractivity (Wildman–Crippen MR) is 103 cm³/mol. The minimum Gasteiger partial charge on any atom is -0.312 e. The lowest BCUT2D eigenvalue weighted by atomic mass is 10.1. The molecule has 2 aromatic heterocycles. The number of nitrogens with one attached hydrogen (secondary N) is 1. The van der Waals surface area contributed by atoms with E-state index in [-0.39, 0.29) is 11.9 Å². The molecule has 0 radical (unpaired) electrons. The van der Waals surface area contributed by atoms with E-state index in [2.05, 4.69) is 40.0 Å². The highest BCUT2D eigenvalue weighted by molar-refractivity contribution is 5.95. The molecule has 134 valence electrons. The number of anilines is 1. The lowest BCUT2D eigenvalue weighted by Gasteiger charge is -2.19. The summed E-state index contributed by atoms with van der Waals surface area (Å²) >= 11 is 0. The van der Waals surface area contributed by atoms with Crippen molar-refractivity contribution in [1.82, 2.24) is 14.7 Å². The van der Waals surface area contributed by atoms with E-state index in [0.29, 0.717) is 6.42 Å². The van der Waals surface area contributed by atoms with Crippen molar-refractivity contribution in [3.8, 4) is 0 Å². The zero-order chi connectivity index (χ0) is 18.1. The Balaban J connectivity index is 1.50. The number of hydrogen-bond donors (Lipinski definition) is 1. The molecule has 26 heavy (non-hydrogen) atoms. The van der Waals surface area contributed by atoms with Crippen molar-refractivity contribution in [2.75, 3.05) is 11.4 Å². The van der Waals surface area contributed by atoms with Crippen LogP contribution >= 0.6 is 0 Å². The second-order valence-corrected chi connectivity index (χ2v) is 6.92. The van der Waals surface area contributed by atoms with Crippen LogP contribution < -0.4 is 10.2 Å². The molecule has 0 bridgehead atoms. The molecule has 5 nitrogen and oxygen atoms in total. The molecule has 0 unspecified atom stereocenters. The Labute approximate surface area is 153 Å². The zero-order valence-corrected chi connectivity index (χ0v) is 15.3. The molecule has 1 N–H and O–H groups in total. The van der Waals surface area contributed by atoms with Gasteiger partial charge in [-0.05, 0) is 50.1 Å². The van der Waals surface area contributed by atoms with Crippen LogP contribution in [0.15, 0.2) is 48.7 Å². The molecule has 3 heterocycles. The number of benzene rings is 1. The largest absolute Gasteiger partial charge is 0.312 e. The second kappa shape index (κ2) is 6.92. The number of aryl methyl sites for hydroxylation is 1. The molecule has 4 rings (SSSR count). The number of carbonyl (C=O) groups is 1. The Hall–Kier alpha value is -2.66. The van der Waals surface area contributed by atoms with Crippen LogP contribution in [0.1, 0.15) is 42.8 Å². The van der Waals surface area contributed by atoms with E-state index in [1.165, 1.54) is 11.3 Å².